The topological polar surface area (TPSA) is 0 Å². The molecule has 18 heavy (non-hydrogen) atoms. The van der Waals surface area contributed by atoms with Crippen LogP contribution < -0.4 is 0 Å². The monoisotopic (exact) mass is 254 g/mol. The Kier molecular flexibility index (Phi) is 3.17. The van der Waals surface area contributed by atoms with Gasteiger partial charge in [0.25, 0.3) is 0 Å². The molecule has 0 radical (unpaired) electrons. The van der Waals surface area contributed by atoms with Gasteiger partial charge in [0.05, 0.1) is 0 Å². The summed E-state index contributed by atoms with van der Waals surface area (Å²) >= 11 is 1.92. The first-order chi connectivity index (χ1) is 8.74. The predicted molar refractivity (Wildman–Crippen MR) is 78.5 cm³/mol. The van der Waals surface area contributed by atoms with Crippen LogP contribution in [0.25, 0.3) is 0 Å². The van der Waals surface area contributed by atoms with Crippen LogP contribution in [0.1, 0.15) is 36.5 Å². The molecule has 92 valence electrons. The van der Waals surface area contributed by atoms with Gasteiger partial charge in [-0.3, -0.25) is 0 Å². The predicted octanol–water partition coefficient (Wildman–Crippen LogP) is 5.06. The van der Waals surface area contributed by atoms with Gasteiger partial charge in [0.15, 0.2) is 0 Å². The van der Waals surface area contributed by atoms with Crippen molar-refractivity contribution in [3.63, 3.8) is 0 Å². The van der Waals surface area contributed by atoms with Crippen LogP contribution in [-0.2, 0) is 12.8 Å². The summed E-state index contributed by atoms with van der Waals surface area (Å²) < 4.78 is 0. The lowest BCUT2D eigenvalue weighted by Crippen LogP contribution is -1.94. The van der Waals surface area contributed by atoms with Crippen LogP contribution in [0.3, 0.4) is 0 Å². The largest absolute Gasteiger partial charge is 0.0895 e. The van der Waals surface area contributed by atoms with Gasteiger partial charge in [-0.2, -0.15) is 0 Å². The van der Waals surface area contributed by atoms with Crippen LogP contribution >= 0.6 is 11.8 Å². The molecule has 0 unspecified atom stereocenters. The maximum Gasteiger partial charge on any atom is 0.0154 e. The molecule has 3 rings (SSSR count). The third-order valence-corrected chi connectivity index (χ3v) is 4.84. The Bertz CT molecular complexity index is 570. The van der Waals surface area contributed by atoms with E-state index in [1.807, 2.05) is 11.8 Å². The van der Waals surface area contributed by atoms with Gasteiger partial charge < -0.3 is 0 Å². The van der Waals surface area contributed by atoms with Crippen molar-refractivity contribution in [2.45, 2.75) is 42.4 Å². The minimum Gasteiger partial charge on any atom is -0.0895 e. The van der Waals surface area contributed by atoms with Crippen molar-refractivity contribution < 1.29 is 0 Å². The number of aryl methyl sites for hydroxylation is 2. The van der Waals surface area contributed by atoms with Crippen molar-refractivity contribution in [1.29, 1.82) is 0 Å². The van der Waals surface area contributed by atoms with Crippen molar-refractivity contribution in [3.05, 3.63) is 59.2 Å². The number of fused-ring (bicyclic) bond motifs is 2. The number of rotatable bonds is 1. The zero-order chi connectivity index (χ0) is 12.5. The molecule has 0 aliphatic carbocycles. The number of benzene rings is 2. The van der Waals surface area contributed by atoms with Crippen LogP contribution in [0.2, 0.25) is 0 Å². The van der Waals surface area contributed by atoms with E-state index in [0.29, 0.717) is 5.92 Å². The Morgan fingerprint density at radius 2 is 1.61 bits per heavy atom. The van der Waals surface area contributed by atoms with Crippen LogP contribution in [0.15, 0.2) is 52.3 Å². The van der Waals surface area contributed by atoms with Gasteiger partial charge in [-0.15, -0.1) is 0 Å². The molecule has 0 amide bonds. The molecule has 2 aromatic rings. The third kappa shape index (κ3) is 2.20. The molecule has 0 N–H and O–H groups in total. The smallest absolute Gasteiger partial charge is 0.0154 e. The normalized spacial score (nSPS) is 13.9. The van der Waals surface area contributed by atoms with Gasteiger partial charge in [0.2, 0.25) is 0 Å². The average molecular weight is 254 g/mol. The van der Waals surface area contributed by atoms with Crippen molar-refractivity contribution in [1.82, 2.24) is 0 Å². The lowest BCUT2D eigenvalue weighted by molar-refractivity contribution is 0.851. The molecule has 1 heteroatoms. The third-order valence-electron chi connectivity index (χ3n) is 3.61. The Hall–Kier alpha value is -1.21. The minimum absolute atomic E-state index is 0.617. The Labute approximate surface area is 113 Å². The molecule has 1 aliphatic rings. The van der Waals surface area contributed by atoms with Crippen LogP contribution in [-0.4, -0.2) is 0 Å². The van der Waals surface area contributed by atoms with E-state index >= 15 is 0 Å². The maximum absolute atomic E-state index is 2.40. The average Bonchev–Trinajstić information content (AvgIpc) is 2.56. The van der Waals surface area contributed by atoms with E-state index in [4.69, 9.17) is 0 Å². The first-order valence-electron chi connectivity index (χ1n) is 6.62. The summed E-state index contributed by atoms with van der Waals surface area (Å²) in [5, 5.41) is 0. The van der Waals surface area contributed by atoms with Crippen LogP contribution in [0.5, 0.6) is 0 Å². The molecule has 2 aromatic carbocycles. The van der Waals surface area contributed by atoms with Crippen molar-refractivity contribution in [2.24, 2.45) is 0 Å². The standard InChI is InChI=1S/C17H18S/c1-12(2)14-9-10-17-15(11-14)8-7-13-5-3-4-6-16(13)18-17/h3-6,9-12H,7-8H2,1-2H3. The molecular formula is C17H18S. The SMILES string of the molecule is CC(C)c1ccc2c(c1)CCc1ccccc1S2. The highest BCUT2D eigenvalue weighted by Gasteiger charge is 2.14. The zero-order valence-electron chi connectivity index (χ0n) is 10.9. The maximum atomic E-state index is 2.40. The summed E-state index contributed by atoms with van der Waals surface area (Å²) in [6.45, 7) is 4.53. The highest BCUT2D eigenvalue weighted by Crippen LogP contribution is 2.37. The molecule has 0 atom stereocenters. The molecule has 0 saturated heterocycles. The Morgan fingerprint density at radius 3 is 2.44 bits per heavy atom. The summed E-state index contributed by atoms with van der Waals surface area (Å²) in [5.41, 5.74) is 4.47. The molecule has 0 spiro atoms. The number of hydrogen-bond acceptors (Lipinski definition) is 1. The first kappa shape index (κ1) is 11.9. The molecule has 0 nitrogen and oxygen atoms in total. The van der Waals surface area contributed by atoms with Crippen LogP contribution in [0, 0.1) is 0 Å². The summed E-state index contributed by atoms with van der Waals surface area (Å²) in [4.78, 5) is 2.86. The van der Waals surface area contributed by atoms with Gasteiger partial charge >= 0.3 is 0 Å². The summed E-state index contributed by atoms with van der Waals surface area (Å²) in [6, 6.07) is 15.8. The molecule has 1 heterocycles. The van der Waals surface area contributed by atoms with Crippen molar-refractivity contribution in [2.75, 3.05) is 0 Å². The van der Waals surface area contributed by atoms with E-state index in [2.05, 4.69) is 56.3 Å². The molecule has 1 aliphatic heterocycles. The van der Waals surface area contributed by atoms with Gasteiger partial charge in [0.1, 0.15) is 0 Å². The van der Waals surface area contributed by atoms with E-state index in [-0.39, 0.29) is 0 Å². The van der Waals surface area contributed by atoms with E-state index in [1.165, 1.54) is 32.9 Å². The Morgan fingerprint density at radius 1 is 0.889 bits per heavy atom. The van der Waals surface area contributed by atoms with Crippen molar-refractivity contribution in [3.8, 4) is 0 Å². The van der Waals surface area contributed by atoms with E-state index in [1.54, 1.807) is 0 Å². The summed E-state index contributed by atoms with van der Waals surface area (Å²) in [5.74, 6) is 0.617. The fourth-order valence-corrected chi connectivity index (χ4v) is 3.56. The highest BCUT2D eigenvalue weighted by atomic mass is 32.2. The van der Waals surface area contributed by atoms with E-state index < -0.39 is 0 Å². The molecule has 0 fully saturated rings. The molecule has 0 aromatic heterocycles. The quantitative estimate of drug-likeness (QED) is 0.685. The second-order valence-electron chi connectivity index (χ2n) is 5.23. The first-order valence-corrected chi connectivity index (χ1v) is 7.44. The molecule has 0 saturated carbocycles. The van der Waals surface area contributed by atoms with E-state index in [9.17, 15) is 0 Å². The highest BCUT2D eigenvalue weighted by molar-refractivity contribution is 7.99. The van der Waals surface area contributed by atoms with E-state index in [0.717, 1.165) is 6.42 Å². The summed E-state index contributed by atoms with van der Waals surface area (Å²) in [6.07, 6.45) is 2.33. The fourth-order valence-electron chi connectivity index (χ4n) is 2.45. The second-order valence-corrected chi connectivity index (χ2v) is 6.32. The van der Waals surface area contributed by atoms with Gasteiger partial charge in [0, 0.05) is 9.79 Å². The minimum atomic E-state index is 0.617. The van der Waals surface area contributed by atoms with Crippen LogP contribution in [0.4, 0.5) is 0 Å². The lowest BCUT2D eigenvalue weighted by Gasteiger charge is -2.10. The van der Waals surface area contributed by atoms with Crippen molar-refractivity contribution >= 4 is 11.8 Å². The zero-order valence-corrected chi connectivity index (χ0v) is 11.8. The molecular weight excluding hydrogens is 236 g/mol. The van der Waals surface area contributed by atoms with Gasteiger partial charge in [-0.25, -0.2) is 0 Å². The van der Waals surface area contributed by atoms with Gasteiger partial charge in [-0.05, 0) is 47.6 Å². The lowest BCUT2D eigenvalue weighted by atomic mass is 9.98. The number of hydrogen-bond donors (Lipinski definition) is 0. The second kappa shape index (κ2) is 4.81. The summed E-state index contributed by atoms with van der Waals surface area (Å²) in [7, 11) is 0. The van der Waals surface area contributed by atoms with Gasteiger partial charge in [-0.1, -0.05) is 55.9 Å². The molecule has 0 bridgehead atoms. The Balaban J connectivity index is 2.01. The fraction of sp³-hybridized carbons (Fsp3) is 0.294.